The van der Waals surface area contributed by atoms with Crippen LogP contribution in [0.15, 0.2) is 36.4 Å². The summed E-state index contributed by atoms with van der Waals surface area (Å²) < 4.78 is 0. The van der Waals surface area contributed by atoms with Crippen molar-refractivity contribution in [2.24, 2.45) is 0 Å². The summed E-state index contributed by atoms with van der Waals surface area (Å²) in [5.41, 5.74) is 0. The Kier molecular flexibility index (Phi) is 1.64. The molecule has 0 aliphatic carbocycles. The minimum atomic E-state index is 0.174. The van der Waals surface area contributed by atoms with Crippen LogP contribution in [0.4, 0.5) is 0 Å². The van der Waals surface area contributed by atoms with E-state index >= 15 is 0 Å². The van der Waals surface area contributed by atoms with Gasteiger partial charge in [0.25, 0.3) is 0 Å². The maximum absolute atomic E-state index is 9.61. The molecule has 0 spiro atoms. The van der Waals surface area contributed by atoms with Gasteiger partial charge in [0.1, 0.15) is 0 Å². The monoisotopic (exact) mass is 216 g/mol. The third-order valence-electron chi connectivity index (χ3n) is 2.54. The fraction of sp³-hybridized carbons (Fsp3) is 0. The quantitative estimate of drug-likeness (QED) is 0.604. The third kappa shape index (κ3) is 1.17. The van der Waals surface area contributed by atoms with E-state index in [4.69, 9.17) is 0 Å². The van der Waals surface area contributed by atoms with Crippen LogP contribution in [0.5, 0.6) is 10.1 Å². The number of aromatic hydroxyl groups is 2. The lowest BCUT2D eigenvalue weighted by Gasteiger charge is -1.98. The molecule has 3 rings (SSSR count). The maximum atomic E-state index is 9.61. The summed E-state index contributed by atoms with van der Waals surface area (Å²) in [6.07, 6.45) is 0. The van der Waals surface area contributed by atoms with Crippen LogP contribution in [0.25, 0.3) is 21.5 Å². The SMILES string of the molecule is Oc1sc(O)c2cc3ccccc3cc12. The first-order valence-electron chi connectivity index (χ1n) is 4.59. The van der Waals surface area contributed by atoms with E-state index in [9.17, 15) is 10.2 Å². The van der Waals surface area contributed by atoms with Crippen molar-refractivity contribution in [1.82, 2.24) is 0 Å². The minimum absolute atomic E-state index is 0.174. The molecule has 2 nitrogen and oxygen atoms in total. The first-order valence-corrected chi connectivity index (χ1v) is 5.40. The summed E-state index contributed by atoms with van der Waals surface area (Å²) in [6.45, 7) is 0. The number of benzene rings is 2. The van der Waals surface area contributed by atoms with Crippen LogP contribution in [0.1, 0.15) is 0 Å². The second kappa shape index (κ2) is 2.87. The van der Waals surface area contributed by atoms with E-state index in [-0.39, 0.29) is 10.1 Å². The van der Waals surface area contributed by atoms with Gasteiger partial charge in [0, 0.05) is 10.8 Å². The summed E-state index contributed by atoms with van der Waals surface area (Å²) in [5.74, 6) is 0. The zero-order chi connectivity index (χ0) is 10.4. The summed E-state index contributed by atoms with van der Waals surface area (Å²) in [7, 11) is 0. The van der Waals surface area contributed by atoms with Crippen LogP contribution in [0.2, 0.25) is 0 Å². The van der Waals surface area contributed by atoms with Gasteiger partial charge in [0.15, 0.2) is 10.1 Å². The summed E-state index contributed by atoms with van der Waals surface area (Å²) in [6, 6.07) is 11.7. The average Bonchev–Trinajstić information content (AvgIpc) is 2.52. The highest BCUT2D eigenvalue weighted by atomic mass is 32.1. The predicted octanol–water partition coefficient (Wildman–Crippen LogP) is 3.47. The molecule has 0 atom stereocenters. The van der Waals surface area contributed by atoms with Crippen molar-refractivity contribution in [3.63, 3.8) is 0 Å². The normalized spacial score (nSPS) is 11.2. The molecule has 15 heavy (non-hydrogen) atoms. The molecule has 2 N–H and O–H groups in total. The van der Waals surface area contributed by atoms with E-state index in [1.807, 2.05) is 36.4 Å². The van der Waals surface area contributed by atoms with Crippen LogP contribution in [0, 0.1) is 0 Å². The average molecular weight is 216 g/mol. The molecule has 0 amide bonds. The van der Waals surface area contributed by atoms with Crippen molar-refractivity contribution < 1.29 is 10.2 Å². The fourth-order valence-corrected chi connectivity index (χ4v) is 2.54. The Morgan fingerprint density at radius 3 is 1.73 bits per heavy atom. The molecular weight excluding hydrogens is 208 g/mol. The highest BCUT2D eigenvalue weighted by Crippen LogP contribution is 2.43. The minimum Gasteiger partial charge on any atom is -0.499 e. The van der Waals surface area contributed by atoms with E-state index in [0.717, 1.165) is 32.9 Å². The summed E-state index contributed by atoms with van der Waals surface area (Å²) in [5, 5.41) is 23.1. The Hall–Kier alpha value is -1.74. The Morgan fingerprint density at radius 1 is 0.800 bits per heavy atom. The first-order chi connectivity index (χ1) is 7.25. The van der Waals surface area contributed by atoms with Crippen LogP contribution in [0.3, 0.4) is 0 Å². The van der Waals surface area contributed by atoms with Crippen LogP contribution < -0.4 is 0 Å². The molecule has 0 aliphatic heterocycles. The van der Waals surface area contributed by atoms with Crippen molar-refractivity contribution in [3.05, 3.63) is 36.4 Å². The van der Waals surface area contributed by atoms with Gasteiger partial charge in [0.2, 0.25) is 0 Å². The van der Waals surface area contributed by atoms with Gasteiger partial charge < -0.3 is 10.2 Å². The second-order valence-electron chi connectivity index (χ2n) is 3.46. The molecule has 3 aromatic rings. The van der Waals surface area contributed by atoms with Crippen molar-refractivity contribution in [1.29, 1.82) is 0 Å². The smallest absolute Gasteiger partial charge is 0.182 e. The van der Waals surface area contributed by atoms with E-state index in [0.29, 0.717) is 0 Å². The fourth-order valence-electron chi connectivity index (χ4n) is 1.80. The van der Waals surface area contributed by atoms with Gasteiger partial charge >= 0.3 is 0 Å². The molecule has 0 aliphatic rings. The number of hydrogen-bond donors (Lipinski definition) is 2. The zero-order valence-corrected chi connectivity index (χ0v) is 8.58. The molecule has 0 saturated carbocycles. The summed E-state index contributed by atoms with van der Waals surface area (Å²) in [4.78, 5) is 0. The molecule has 1 heterocycles. The van der Waals surface area contributed by atoms with Gasteiger partial charge in [-0.05, 0) is 22.9 Å². The molecule has 0 radical (unpaired) electrons. The third-order valence-corrected chi connectivity index (χ3v) is 3.37. The number of fused-ring (bicyclic) bond motifs is 2. The summed E-state index contributed by atoms with van der Waals surface area (Å²) >= 11 is 1.00. The molecule has 74 valence electrons. The Bertz CT molecular complexity index is 600. The molecule has 0 bridgehead atoms. The lowest BCUT2D eigenvalue weighted by molar-refractivity contribution is 0.491. The largest absolute Gasteiger partial charge is 0.499 e. The molecule has 0 fully saturated rings. The van der Waals surface area contributed by atoms with Gasteiger partial charge in [-0.25, -0.2) is 0 Å². The van der Waals surface area contributed by atoms with Crippen LogP contribution >= 0.6 is 11.3 Å². The van der Waals surface area contributed by atoms with Crippen LogP contribution in [-0.4, -0.2) is 10.2 Å². The maximum Gasteiger partial charge on any atom is 0.182 e. The number of rotatable bonds is 0. The van der Waals surface area contributed by atoms with Gasteiger partial charge in [-0.2, -0.15) is 0 Å². The highest BCUT2D eigenvalue weighted by molar-refractivity contribution is 7.17. The number of thiophene rings is 1. The standard InChI is InChI=1S/C12H8O2S/c13-11-9-5-7-3-1-2-4-8(7)6-10(9)12(14)15-11/h1-6,13-14H. The lowest BCUT2D eigenvalue weighted by atomic mass is 10.1. The van der Waals surface area contributed by atoms with E-state index in [1.165, 1.54) is 0 Å². The molecule has 2 aromatic carbocycles. The lowest BCUT2D eigenvalue weighted by Crippen LogP contribution is -1.72. The van der Waals surface area contributed by atoms with Crippen molar-refractivity contribution in [2.75, 3.05) is 0 Å². The Morgan fingerprint density at radius 2 is 1.27 bits per heavy atom. The van der Waals surface area contributed by atoms with E-state index in [1.54, 1.807) is 0 Å². The molecule has 3 heteroatoms. The van der Waals surface area contributed by atoms with E-state index in [2.05, 4.69) is 0 Å². The van der Waals surface area contributed by atoms with Gasteiger partial charge in [-0.15, -0.1) is 0 Å². The van der Waals surface area contributed by atoms with Crippen molar-refractivity contribution >= 4 is 32.9 Å². The highest BCUT2D eigenvalue weighted by Gasteiger charge is 2.09. The molecular formula is C12H8O2S. The van der Waals surface area contributed by atoms with Gasteiger partial charge in [-0.1, -0.05) is 35.6 Å². The number of hydrogen-bond acceptors (Lipinski definition) is 3. The predicted molar refractivity (Wildman–Crippen MR) is 62.7 cm³/mol. The topological polar surface area (TPSA) is 40.5 Å². The van der Waals surface area contributed by atoms with Crippen molar-refractivity contribution in [2.45, 2.75) is 0 Å². The molecule has 1 aromatic heterocycles. The molecule has 0 unspecified atom stereocenters. The second-order valence-corrected chi connectivity index (χ2v) is 4.43. The first kappa shape index (κ1) is 8.56. The van der Waals surface area contributed by atoms with Gasteiger partial charge in [0.05, 0.1) is 0 Å². The Balaban J connectivity index is 2.55. The zero-order valence-electron chi connectivity index (χ0n) is 7.77. The van der Waals surface area contributed by atoms with E-state index < -0.39 is 0 Å². The van der Waals surface area contributed by atoms with Gasteiger partial charge in [-0.3, -0.25) is 0 Å². The molecule has 0 saturated heterocycles. The van der Waals surface area contributed by atoms with Crippen molar-refractivity contribution in [3.8, 4) is 10.1 Å². The van der Waals surface area contributed by atoms with Crippen LogP contribution in [-0.2, 0) is 0 Å². The Labute approximate surface area is 90.0 Å².